The number of amides is 4. The highest BCUT2D eigenvalue weighted by Gasteiger charge is 2.18. The van der Waals surface area contributed by atoms with E-state index in [9.17, 15) is 19.2 Å². The monoisotopic (exact) mass is 260 g/mol. The van der Waals surface area contributed by atoms with Crippen molar-refractivity contribution >= 4 is 23.8 Å². The molecule has 0 aliphatic rings. The number of hydrogen-bond acceptors (Lipinski definition) is 4. The van der Waals surface area contributed by atoms with Crippen molar-refractivity contribution in [1.29, 1.82) is 0 Å². The van der Waals surface area contributed by atoms with Crippen molar-refractivity contribution < 1.29 is 24.3 Å². The largest absolute Gasteiger partial charge is 0.480 e. The van der Waals surface area contributed by atoms with Crippen molar-refractivity contribution in [2.45, 2.75) is 12.8 Å². The number of nitrogens with one attached hydrogen (secondary N) is 1. The number of carboxylic acid groups (broad SMARTS) is 1. The lowest BCUT2D eigenvalue weighted by atomic mass is 10.3. The Kier molecular flexibility index (Phi) is 6.86. The summed E-state index contributed by atoms with van der Waals surface area (Å²) in [5, 5.41) is 10.9. The maximum absolute atomic E-state index is 11.5. The summed E-state index contributed by atoms with van der Waals surface area (Å²) in [7, 11) is 0. The molecule has 0 saturated heterocycles. The highest BCUT2D eigenvalue weighted by Crippen LogP contribution is 1.91. The van der Waals surface area contributed by atoms with Crippen LogP contribution in [0.2, 0.25) is 0 Å². The minimum Gasteiger partial charge on any atom is -0.480 e. The molecule has 0 aromatic rings. The van der Waals surface area contributed by atoms with E-state index in [0.717, 1.165) is 4.90 Å². The molecule has 102 valence electrons. The molecule has 0 unspecified atom stereocenters. The van der Waals surface area contributed by atoms with Crippen molar-refractivity contribution in [2.75, 3.05) is 19.6 Å². The number of nitrogens with zero attached hydrogens (tertiary/aromatic N) is 1. The van der Waals surface area contributed by atoms with Gasteiger partial charge in [-0.05, 0) is 6.42 Å². The van der Waals surface area contributed by atoms with Crippen LogP contribution >= 0.6 is 0 Å². The third-order valence-corrected chi connectivity index (χ3v) is 1.84. The van der Waals surface area contributed by atoms with Crippen LogP contribution in [0.25, 0.3) is 0 Å². The van der Waals surface area contributed by atoms with E-state index in [1.54, 1.807) is 0 Å². The van der Waals surface area contributed by atoms with Gasteiger partial charge in [-0.3, -0.25) is 14.4 Å². The average molecular weight is 260 g/mol. The molecule has 0 bridgehead atoms. The Bertz CT molecular complexity index is 328. The summed E-state index contributed by atoms with van der Waals surface area (Å²) >= 11 is 0. The quantitative estimate of drug-likeness (QED) is 0.365. The number of urea groups is 1. The van der Waals surface area contributed by atoms with Gasteiger partial charge >= 0.3 is 12.0 Å². The summed E-state index contributed by atoms with van der Waals surface area (Å²) in [6.07, 6.45) is 0.438. The number of rotatable bonds is 8. The van der Waals surface area contributed by atoms with E-state index in [1.165, 1.54) is 0 Å². The molecule has 4 amide bonds. The molecule has 9 nitrogen and oxygen atoms in total. The second-order valence-electron chi connectivity index (χ2n) is 3.52. The molecule has 0 heterocycles. The van der Waals surface area contributed by atoms with Gasteiger partial charge in [0.25, 0.3) is 0 Å². The van der Waals surface area contributed by atoms with Gasteiger partial charge in [-0.2, -0.15) is 0 Å². The Morgan fingerprint density at radius 1 is 1.06 bits per heavy atom. The fraction of sp³-hybridized carbons (Fsp3) is 0.556. The normalized spacial score (nSPS) is 9.56. The first-order chi connectivity index (χ1) is 8.32. The maximum atomic E-state index is 11.5. The number of carbonyl (C=O) groups excluding carboxylic acids is 3. The molecule has 9 heteroatoms. The maximum Gasteiger partial charge on any atom is 0.323 e. The van der Waals surface area contributed by atoms with Crippen LogP contribution in [0.1, 0.15) is 12.8 Å². The van der Waals surface area contributed by atoms with E-state index in [-0.39, 0.29) is 13.0 Å². The first kappa shape index (κ1) is 15.7. The van der Waals surface area contributed by atoms with E-state index < -0.39 is 36.9 Å². The molecular weight excluding hydrogens is 244 g/mol. The summed E-state index contributed by atoms with van der Waals surface area (Å²) in [6, 6.07) is -0.735. The molecule has 0 aromatic heterocycles. The van der Waals surface area contributed by atoms with Crippen molar-refractivity contribution in [2.24, 2.45) is 11.5 Å². The summed E-state index contributed by atoms with van der Waals surface area (Å²) in [6.45, 7) is -0.977. The van der Waals surface area contributed by atoms with Crippen LogP contribution in [-0.4, -0.2) is 53.5 Å². The topological polar surface area (TPSA) is 156 Å². The molecule has 0 aliphatic carbocycles. The fourth-order valence-corrected chi connectivity index (χ4v) is 1.12. The van der Waals surface area contributed by atoms with Gasteiger partial charge in [-0.25, -0.2) is 4.79 Å². The van der Waals surface area contributed by atoms with E-state index >= 15 is 0 Å². The van der Waals surface area contributed by atoms with Gasteiger partial charge < -0.3 is 26.8 Å². The van der Waals surface area contributed by atoms with Gasteiger partial charge in [0, 0.05) is 13.0 Å². The van der Waals surface area contributed by atoms with Crippen molar-refractivity contribution in [3.8, 4) is 0 Å². The van der Waals surface area contributed by atoms with E-state index in [1.807, 2.05) is 0 Å². The molecule has 18 heavy (non-hydrogen) atoms. The first-order valence-corrected chi connectivity index (χ1v) is 5.14. The summed E-state index contributed by atoms with van der Waals surface area (Å²) < 4.78 is 0. The first-order valence-electron chi connectivity index (χ1n) is 5.14. The molecule has 0 fully saturated rings. The Balaban J connectivity index is 4.16. The van der Waals surface area contributed by atoms with Crippen LogP contribution in [0.3, 0.4) is 0 Å². The molecule has 0 spiro atoms. The minimum atomic E-state index is -1.26. The Labute approximate surface area is 103 Å². The van der Waals surface area contributed by atoms with Gasteiger partial charge in [0.05, 0.1) is 0 Å². The van der Waals surface area contributed by atoms with Gasteiger partial charge in [0.2, 0.25) is 11.8 Å². The standard InChI is InChI=1S/C9H16N4O5/c10-6(14)2-1-3-12-9(18)13(4-7(11)15)5-8(16)17/h1-5H2,(H2,10,14)(H2,11,15)(H,12,18)(H,16,17). The Morgan fingerprint density at radius 3 is 2.11 bits per heavy atom. The predicted octanol–water partition coefficient (Wildman–Crippen LogP) is -2.17. The number of hydrogen-bond donors (Lipinski definition) is 4. The van der Waals surface area contributed by atoms with E-state index in [2.05, 4.69) is 5.32 Å². The molecule has 0 saturated carbocycles. The Hall–Kier alpha value is -2.32. The molecule has 0 atom stereocenters. The molecule has 6 N–H and O–H groups in total. The third-order valence-electron chi connectivity index (χ3n) is 1.84. The van der Waals surface area contributed by atoms with Crippen LogP contribution in [-0.2, 0) is 14.4 Å². The van der Waals surface area contributed by atoms with Gasteiger partial charge in [-0.1, -0.05) is 0 Å². The number of carbonyl (C=O) groups is 4. The molecule has 0 aliphatic heterocycles. The number of nitrogens with two attached hydrogens (primary N) is 2. The second kappa shape index (κ2) is 7.87. The molecule has 0 aromatic carbocycles. The van der Waals surface area contributed by atoms with Crippen molar-refractivity contribution in [3.05, 3.63) is 0 Å². The average Bonchev–Trinajstić information content (AvgIpc) is 2.21. The molecule has 0 radical (unpaired) electrons. The lowest BCUT2D eigenvalue weighted by molar-refractivity contribution is -0.137. The Morgan fingerprint density at radius 2 is 1.67 bits per heavy atom. The number of aliphatic carboxylic acids is 1. The van der Waals surface area contributed by atoms with Crippen LogP contribution in [0.5, 0.6) is 0 Å². The van der Waals surface area contributed by atoms with Crippen LogP contribution in [0.4, 0.5) is 4.79 Å². The lowest BCUT2D eigenvalue weighted by Gasteiger charge is -2.19. The van der Waals surface area contributed by atoms with Gasteiger partial charge in [-0.15, -0.1) is 0 Å². The van der Waals surface area contributed by atoms with Crippen LogP contribution in [0.15, 0.2) is 0 Å². The molecule has 0 rings (SSSR count). The van der Waals surface area contributed by atoms with Crippen LogP contribution < -0.4 is 16.8 Å². The zero-order chi connectivity index (χ0) is 14.1. The lowest BCUT2D eigenvalue weighted by Crippen LogP contribution is -2.46. The SMILES string of the molecule is NC(=O)CCCNC(=O)N(CC(N)=O)CC(=O)O. The zero-order valence-corrected chi connectivity index (χ0v) is 9.72. The summed E-state index contributed by atoms with van der Waals surface area (Å²) in [5.74, 6) is -2.57. The van der Waals surface area contributed by atoms with Crippen molar-refractivity contribution in [1.82, 2.24) is 10.2 Å². The van der Waals surface area contributed by atoms with Crippen molar-refractivity contribution in [3.63, 3.8) is 0 Å². The zero-order valence-electron chi connectivity index (χ0n) is 9.72. The number of carboxylic acids is 1. The molecular formula is C9H16N4O5. The summed E-state index contributed by atoms with van der Waals surface area (Å²) in [5.41, 5.74) is 9.79. The second-order valence-corrected chi connectivity index (χ2v) is 3.52. The van der Waals surface area contributed by atoms with E-state index in [4.69, 9.17) is 16.6 Å². The van der Waals surface area contributed by atoms with Crippen LogP contribution in [0, 0.1) is 0 Å². The predicted molar refractivity (Wildman–Crippen MR) is 60.2 cm³/mol. The third kappa shape index (κ3) is 7.91. The summed E-state index contributed by atoms with van der Waals surface area (Å²) in [4.78, 5) is 43.8. The van der Waals surface area contributed by atoms with Gasteiger partial charge in [0.1, 0.15) is 13.1 Å². The van der Waals surface area contributed by atoms with E-state index in [0.29, 0.717) is 6.42 Å². The minimum absolute atomic E-state index is 0.106. The van der Waals surface area contributed by atoms with Gasteiger partial charge in [0.15, 0.2) is 0 Å². The highest BCUT2D eigenvalue weighted by atomic mass is 16.4. The smallest absolute Gasteiger partial charge is 0.323 e. The number of primary amides is 2. The highest BCUT2D eigenvalue weighted by molar-refractivity contribution is 5.85. The fourth-order valence-electron chi connectivity index (χ4n) is 1.12.